The Morgan fingerprint density at radius 1 is 1.30 bits per heavy atom. The highest BCUT2D eigenvalue weighted by atomic mass is 35.5. The first kappa shape index (κ1) is 14.7. The maximum absolute atomic E-state index is 13.2. The number of amidine groups is 1. The predicted molar refractivity (Wildman–Crippen MR) is 79.9 cm³/mol. The SMILES string of the molecule is NC(=NO)c1cc(F)ccc1CSc1cccc(Cl)c1. The first-order chi connectivity index (χ1) is 9.60. The molecule has 6 heteroatoms. The molecule has 0 saturated carbocycles. The molecule has 104 valence electrons. The van der Waals surface area contributed by atoms with E-state index >= 15 is 0 Å². The molecule has 3 N–H and O–H groups in total. The largest absolute Gasteiger partial charge is 0.409 e. The molecular formula is C14H12ClFN2OS. The van der Waals surface area contributed by atoms with E-state index in [1.54, 1.807) is 12.1 Å². The lowest BCUT2D eigenvalue weighted by atomic mass is 10.1. The van der Waals surface area contributed by atoms with Crippen molar-refractivity contribution in [1.29, 1.82) is 0 Å². The summed E-state index contributed by atoms with van der Waals surface area (Å²) in [5.41, 5.74) is 6.73. The third-order valence-corrected chi connectivity index (χ3v) is 3.92. The number of nitrogens with two attached hydrogens (primary N) is 1. The predicted octanol–water partition coefficient (Wildman–Crippen LogP) is 3.87. The van der Waals surface area contributed by atoms with Gasteiger partial charge in [-0.1, -0.05) is 28.9 Å². The van der Waals surface area contributed by atoms with Gasteiger partial charge in [-0.15, -0.1) is 11.8 Å². The molecule has 0 saturated heterocycles. The fourth-order valence-corrected chi connectivity index (χ4v) is 2.90. The smallest absolute Gasteiger partial charge is 0.170 e. The first-order valence-electron chi connectivity index (χ1n) is 5.75. The second-order valence-corrected chi connectivity index (χ2v) is 5.52. The fourth-order valence-electron chi connectivity index (χ4n) is 1.68. The number of hydrogen-bond donors (Lipinski definition) is 2. The van der Waals surface area contributed by atoms with Gasteiger partial charge < -0.3 is 10.9 Å². The van der Waals surface area contributed by atoms with Gasteiger partial charge >= 0.3 is 0 Å². The van der Waals surface area contributed by atoms with Gasteiger partial charge in [0.25, 0.3) is 0 Å². The Morgan fingerprint density at radius 2 is 2.10 bits per heavy atom. The molecule has 0 spiro atoms. The number of hydrogen-bond acceptors (Lipinski definition) is 3. The van der Waals surface area contributed by atoms with Crippen molar-refractivity contribution in [2.24, 2.45) is 10.9 Å². The first-order valence-corrected chi connectivity index (χ1v) is 7.11. The molecule has 2 aromatic rings. The summed E-state index contributed by atoms with van der Waals surface area (Å²) >= 11 is 7.45. The van der Waals surface area contributed by atoms with Crippen LogP contribution in [0.15, 0.2) is 52.5 Å². The van der Waals surface area contributed by atoms with Gasteiger partial charge in [0.05, 0.1) is 0 Å². The van der Waals surface area contributed by atoms with E-state index in [0.29, 0.717) is 16.3 Å². The Morgan fingerprint density at radius 3 is 2.80 bits per heavy atom. The van der Waals surface area contributed by atoms with Crippen LogP contribution in [-0.2, 0) is 5.75 Å². The monoisotopic (exact) mass is 310 g/mol. The van der Waals surface area contributed by atoms with Crippen LogP contribution in [0.25, 0.3) is 0 Å². The normalized spacial score (nSPS) is 11.6. The molecule has 0 aliphatic heterocycles. The summed E-state index contributed by atoms with van der Waals surface area (Å²) in [4.78, 5) is 0.993. The maximum Gasteiger partial charge on any atom is 0.170 e. The highest BCUT2D eigenvalue weighted by Gasteiger charge is 2.09. The van der Waals surface area contributed by atoms with Gasteiger partial charge in [0.2, 0.25) is 0 Å². The third kappa shape index (κ3) is 3.65. The molecule has 0 atom stereocenters. The Bertz CT molecular complexity index is 649. The second kappa shape index (κ2) is 6.63. The van der Waals surface area contributed by atoms with Crippen LogP contribution >= 0.6 is 23.4 Å². The van der Waals surface area contributed by atoms with Gasteiger partial charge in [-0.2, -0.15) is 0 Å². The molecule has 0 heterocycles. The van der Waals surface area contributed by atoms with Crippen LogP contribution in [0.2, 0.25) is 5.02 Å². The lowest BCUT2D eigenvalue weighted by molar-refractivity contribution is 0.318. The number of rotatable bonds is 4. The van der Waals surface area contributed by atoms with E-state index < -0.39 is 5.82 Å². The Hall–Kier alpha value is -1.72. The topological polar surface area (TPSA) is 58.6 Å². The third-order valence-electron chi connectivity index (χ3n) is 2.65. The molecule has 0 bridgehead atoms. The van der Waals surface area contributed by atoms with E-state index in [1.807, 2.05) is 18.2 Å². The van der Waals surface area contributed by atoms with Crippen LogP contribution in [0, 0.1) is 5.82 Å². The molecule has 2 rings (SSSR count). The van der Waals surface area contributed by atoms with E-state index in [-0.39, 0.29) is 5.84 Å². The second-order valence-electron chi connectivity index (χ2n) is 4.03. The van der Waals surface area contributed by atoms with Gasteiger partial charge in [0.15, 0.2) is 5.84 Å². The summed E-state index contributed by atoms with van der Waals surface area (Å²) in [6.45, 7) is 0. The minimum Gasteiger partial charge on any atom is -0.409 e. The van der Waals surface area contributed by atoms with E-state index in [9.17, 15) is 4.39 Å². The van der Waals surface area contributed by atoms with Crippen molar-refractivity contribution in [3.63, 3.8) is 0 Å². The average Bonchev–Trinajstić information content (AvgIpc) is 2.45. The van der Waals surface area contributed by atoms with Crippen LogP contribution in [0.1, 0.15) is 11.1 Å². The number of halogens is 2. The Balaban J connectivity index is 2.21. The lowest BCUT2D eigenvalue weighted by Crippen LogP contribution is -2.15. The number of oxime groups is 1. The molecule has 0 unspecified atom stereocenters. The minimum atomic E-state index is -0.428. The van der Waals surface area contributed by atoms with E-state index in [2.05, 4.69) is 5.16 Å². The van der Waals surface area contributed by atoms with Crippen LogP contribution in [0.5, 0.6) is 0 Å². The molecule has 20 heavy (non-hydrogen) atoms. The van der Waals surface area contributed by atoms with Crippen molar-refractivity contribution in [3.8, 4) is 0 Å². The van der Waals surface area contributed by atoms with Crippen molar-refractivity contribution in [3.05, 3.63) is 64.4 Å². The van der Waals surface area contributed by atoms with Gasteiger partial charge in [0, 0.05) is 21.2 Å². The van der Waals surface area contributed by atoms with Gasteiger partial charge in [-0.3, -0.25) is 0 Å². The molecule has 0 amide bonds. The van der Waals surface area contributed by atoms with Crippen LogP contribution in [0.4, 0.5) is 4.39 Å². The summed E-state index contributed by atoms with van der Waals surface area (Å²) in [6.07, 6.45) is 0. The molecular weight excluding hydrogens is 299 g/mol. The van der Waals surface area contributed by atoms with Gasteiger partial charge in [-0.25, -0.2) is 4.39 Å². The summed E-state index contributed by atoms with van der Waals surface area (Å²) in [5.74, 6) is 0.0286. The average molecular weight is 311 g/mol. The number of nitrogens with zero attached hydrogens (tertiary/aromatic N) is 1. The molecule has 0 aliphatic rings. The summed E-state index contributed by atoms with van der Waals surface area (Å²) in [5, 5.41) is 12.3. The summed E-state index contributed by atoms with van der Waals surface area (Å²) in [7, 11) is 0. The maximum atomic E-state index is 13.2. The number of benzene rings is 2. The molecule has 0 fully saturated rings. The summed E-state index contributed by atoms with van der Waals surface area (Å²) < 4.78 is 13.2. The zero-order chi connectivity index (χ0) is 14.5. The molecule has 2 aromatic carbocycles. The van der Waals surface area contributed by atoms with Gasteiger partial charge in [0.1, 0.15) is 5.82 Å². The Labute approximate surface area is 125 Å². The van der Waals surface area contributed by atoms with Crippen molar-refractivity contribution < 1.29 is 9.60 Å². The summed E-state index contributed by atoms with van der Waals surface area (Å²) in [6, 6.07) is 11.7. The van der Waals surface area contributed by atoms with Gasteiger partial charge in [-0.05, 0) is 35.9 Å². The van der Waals surface area contributed by atoms with Crippen LogP contribution in [0.3, 0.4) is 0 Å². The Kier molecular flexibility index (Phi) is 4.87. The van der Waals surface area contributed by atoms with Crippen LogP contribution < -0.4 is 5.73 Å². The van der Waals surface area contributed by atoms with Crippen molar-refractivity contribution in [1.82, 2.24) is 0 Å². The molecule has 0 aromatic heterocycles. The zero-order valence-electron chi connectivity index (χ0n) is 10.4. The van der Waals surface area contributed by atoms with Crippen LogP contribution in [-0.4, -0.2) is 11.0 Å². The lowest BCUT2D eigenvalue weighted by Gasteiger charge is -2.08. The quantitative estimate of drug-likeness (QED) is 0.296. The fraction of sp³-hybridized carbons (Fsp3) is 0.0714. The molecule has 0 aliphatic carbocycles. The highest BCUT2D eigenvalue weighted by Crippen LogP contribution is 2.26. The molecule has 3 nitrogen and oxygen atoms in total. The van der Waals surface area contributed by atoms with E-state index in [1.165, 1.54) is 23.9 Å². The standard InChI is InChI=1S/C14H12ClFN2OS/c15-10-2-1-3-12(6-10)20-8-9-4-5-11(16)7-13(9)14(17)18-19/h1-7,19H,8H2,(H2,17,18). The van der Waals surface area contributed by atoms with Crippen molar-refractivity contribution in [2.75, 3.05) is 0 Å². The molecule has 0 radical (unpaired) electrons. The zero-order valence-corrected chi connectivity index (χ0v) is 12.0. The van der Waals surface area contributed by atoms with E-state index in [4.69, 9.17) is 22.5 Å². The van der Waals surface area contributed by atoms with Crippen molar-refractivity contribution in [2.45, 2.75) is 10.6 Å². The minimum absolute atomic E-state index is 0.105. The highest BCUT2D eigenvalue weighted by molar-refractivity contribution is 7.98. The van der Waals surface area contributed by atoms with Crippen molar-refractivity contribution >= 4 is 29.2 Å². The van der Waals surface area contributed by atoms with E-state index in [0.717, 1.165) is 10.5 Å². The number of thioether (sulfide) groups is 1.